The number of rotatable bonds is 5. The van der Waals surface area contributed by atoms with Gasteiger partial charge in [-0.05, 0) is 36.5 Å². The van der Waals surface area contributed by atoms with Gasteiger partial charge in [0.05, 0.1) is 6.10 Å². The van der Waals surface area contributed by atoms with Crippen molar-refractivity contribution in [2.45, 2.75) is 46.1 Å². The van der Waals surface area contributed by atoms with Crippen molar-refractivity contribution in [3.05, 3.63) is 33.8 Å². The van der Waals surface area contributed by atoms with E-state index in [9.17, 15) is 5.11 Å². The van der Waals surface area contributed by atoms with E-state index >= 15 is 0 Å². The molecule has 0 aliphatic carbocycles. The fourth-order valence-electron chi connectivity index (χ4n) is 2.10. The lowest BCUT2D eigenvalue weighted by Crippen LogP contribution is -2.06. The standard InChI is InChI=1S/C14H21BrO/c1-4-6-10(2)9-14(16)12-7-5-8-13(15)11(12)3/h5,7-8,10,14,16H,4,6,9H2,1-3H3. The summed E-state index contributed by atoms with van der Waals surface area (Å²) in [7, 11) is 0. The first-order chi connectivity index (χ1) is 7.56. The second kappa shape index (κ2) is 6.41. The number of halogens is 1. The molecule has 0 heterocycles. The van der Waals surface area contributed by atoms with Gasteiger partial charge in [-0.25, -0.2) is 0 Å². The summed E-state index contributed by atoms with van der Waals surface area (Å²) < 4.78 is 1.08. The Balaban J connectivity index is 2.72. The van der Waals surface area contributed by atoms with Gasteiger partial charge in [0.1, 0.15) is 0 Å². The topological polar surface area (TPSA) is 20.2 Å². The van der Waals surface area contributed by atoms with Crippen LogP contribution in [0.3, 0.4) is 0 Å². The van der Waals surface area contributed by atoms with Crippen molar-refractivity contribution >= 4 is 15.9 Å². The summed E-state index contributed by atoms with van der Waals surface area (Å²) in [5.74, 6) is 0.582. The van der Waals surface area contributed by atoms with Crippen LogP contribution in [0.5, 0.6) is 0 Å². The molecule has 0 spiro atoms. The first kappa shape index (κ1) is 13.7. The summed E-state index contributed by atoms with van der Waals surface area (Å²) in [6, 6.07) is 6.02. The van der Waals surface area contributed by atoms with E-state index in [0.717, 1.165) is 22.0 Å². The van der Waals surface area contributed by atoms with E-state index in [2.05, 4.69) is 29.8 Å². The van der Waals surface area contributed by atoms with Gasteiger partial charge in [-0.1, -0.05) is 54.8 Å². The zero-order chi connectivity index (χ0) is 12.1. The van der Waals surface area contributed by atoms with Crippen LogP contribution in [0.25, 0.3) is 0 Å². The molecule has 16 heavy (non-hydrogen) atoms. The Morgan fingerprint density at radius 2 is 2.06 bits per heavy atom. The normalized spacial score (nSPS) is 14.8. The Hall–Kier alpha value is -0.340. The zero-order valence-corrected chi connectivity index (χ0v) is 11.9. The van der Waals surface area contributed by atoms with E-state index in [4.69, 9.17) is 0 Å². The maximum atomic E-state index is 10.2. The first-order valence-electron chi connectivity index (χ1n) is 5.99. The lowest BCUT2D eigenvalue weighted by molar-refractivity contribution is 0.144. The van der Waals surface area contributed by atoms with Crippen LogP contribution in [0.2, 0.25) is 0 Å². The van der Waals surface area contributed by atoms with Gasteiger partial charge >= 0.3 is 0 Å². The van der Waals surface area contributed by atoms with Gasteiger partial charge in [-0.3, -0.25) is 0 Å². The zero-order valence-electron chi connectivity index (χ0n) is 10.3. The van der Waals surface area contributed by atoms with E-state index in [1.165, 1.54) is 12.8 Å². The highest BCUT2D eigenvalue weighted by atomic mass is 79.9. The maximum absolute atomic E-state index is 10.2. The predicted molar refractivity (Wildman–Crippen MR) is 72.5 cm³/mol. The summed E-state index contributed by atoms with van der Waals surface area (Å²) in [4.78, 5) is 0. The van der Waals surface area contributed by atoms with E-state index in [1.54, 1.807) is 0 Å². The van der Waals surface area contributed by atoms with E-state index in [1.807, 2.05) is 25.1 Å². The fraction of sp³-hybridized carbons (Fsp3) is 0.571. The largest absolute Gasteiger partial charge is 0.388 e. The second-order valence-corrected chi connectivity index (χ2v) is 5.45. The molecule has 1 nitrogen and oxygen atoms in total. The van der Waals surface area contributed by atoms with Crippen molar-refractivity contribution in [2.75, 3.05) is 0 Å². The SMILES string of the molecule is CCCC(C)CC(O)c1cccc(Br)c1C. The monoisotopic (exact) mass is 284 g/mol. The molecule has 2 unspecified atom stereocenters. The highest BCUT2D eigenvalue weighted by molar-refractivity contribution is 9.10. The van der Waals surface area contributed by atoms with Crippen LogP contribution in [0.15, 0.2) is 22.7 Å². The molecule has 0 fully saturated rings. The van der Waals surface area contributed by atoms with Crippen molar-refractivity contribution in [1.82, 2.24) is 0 Å². The molecule has 1 aromatic rings. The van der Waals surface area contributed by atoms with Gasteiger partial charge in [-0.15, -0.1) is 0 Å². The van der Waals surface area contributed by atoms with Gasteiger partial charge < -0.3 is 5.11 Å². The third-order valence-corrected chi connectivity index (χ3v) is 3.93. The van der Waals surface area contributed by atoms with Gasteiger partial charge in [-0.2, -0.15) is 0 Å². The summed E-state index contributed by atoms with van der Waals surface area (Å²) in [6.45, 7) is 6.44. The average Bonchev–Trinajstić information content (AvgIpc) is 2.22. The Morgan fingerprint density at radius 3 is 2.69 bits per heavy atom. The number of hydrogen-bond acceptors (Lipinski definition) is 1. The second-order valence-electron chi connectivity index (χ2n) is 4.60. The smallest absolute Gasteiger partial charge is 0.0795 e. The van der Waals surface area contributed by atoms with Crippen LogP contribution in [0, 0.1) is 12.8 Å². The van der Waals surface area contributed by atoms with Crippen LogP contribution in [0.4, 0.5) is 0 Å². The molecule has 0 amide bonds. The first-order valence-corrected chi connectivity index (χ1v) is 6.78. The molecule has 0 bridgehead atoms. The van der Waals surface area contributed by atoms with E-state index in [-0.39, 0.29) is 6.10 Å². The van der Waals surface area contributed by atoms with E-state index in [0.29, 0.717) is 5.92 Å². The minimum Gasteiger partial charge on any atom is -0.388 e. The summed E-state index contributed by atoms with van der Waals surface area (Å²) in [5.41, 5.74) is 2.20. The molecule has 0 aliphatic heterocycles. The highest BCUT2D eigenvalue weighted by Crippen LogP contribution is 2.29. The van der Waals surface area contributed by atoms with Crippen LogP contribution in [0.1, 0.15) is 50.3 Å². The fourth-order valence-corrected chi connectivity index (χ4v) is 2.49. The Bertz CT molecular complexity index is 336. The van der Waals surface area contributed by atoms with Crippen LogP contribution < -0.4 is 0 Å². The Labute approximate surface area is 107 Å². The summed E-state index contributed by atoms with van der Waals surface area (Å²) in [6.07, 6.45) is 2.89. The number of hydrogen-bond donors (Lipinski definition) is 1. The minimum atomic E-state index is -0.334. The molecular weight excluding hydrogens is 264 g/mol. The van der Waals surface area contributed by atoms with E-state index < -0.39 is 0 Å². The lowest BCUT2D eigenvalue weighted by atomic mass is 9.93. The quantitative estimate of drug-likeness (QED) is 0.837. The van der Waals surface area contributed by atoms with Gasteiger partial charge in [0.2, 0.25) is 0 Å². The van der Waals surface area contributed by atoms with Gasteiger partial charge in [0, 0.05) is 4.47 Å². The molecule has 2 heteroatoms. The number of aliphatic hydroxyl groups is 1. The van der Waals surface area contributed by atoms with Crippen molar-refractivity contribution in [3.8, 4) is 0 Å². The average molecular weight is 285 g/mol. The lowest BCUT2D eigenvalue weighted by Gasteiger charge is -2.18. The summed E-state index contributed by atoms with van der Waals surface area (Å²) >= 11 is 3.50. The molecular formula is C14H21BrO. The minimum absolute atomic E-state index is 0.334. The van der Waals surface area contributed by atoms with Gasteiger partial charge in [0.15, 0.2) is 0 Å². The molecule has 1 rings (SSSR count). The van der Waals surface area contributed by atoms with Crippen molar-refractivity contribution in [1.29, 1.82) is 0 Å². The molecule has 0 aliphatic rings. The summed E-state index contributed by atoms with van der Waals surface area (Å²) in [5, 5.41) is 10.2. The van der Waals surface area contributed by atoms with Crippen molar-refractivity contribution in [2.24, 2.45) is 5.92 Å². The molecule has 0 saturated heterocycles. The van der Waals surface area contributed by atoms with Crippen LogP contribution in [-0.4, -0.2) is 5.11 Å². The molecule has 1 aromatic carbocycles. The van der Waals surface area contributed by atoms with Crippen LogP contribution in [-0.2, 0) is 0 Å². The molecule has 0 saturated carbocycles. The highest BCUT2D eigenvalue weighted by Gasteiger charge is 2.14. The predicted octanol–water partition coefficient (Wildman–Crippen LogP) is 4.62. The molecule has 1 N–H and O–H groups in total. The Morgan fingerprint density at radius 1 is 1.38 bits per heavy atom. The molecule has 90 valence electrons. The van der Waals surface area contributed by atoms with Crippen molar-refractivity contribution < 1.29 is 5.11 Å². The number of benzene rings is 1. The molecule has 0 radical (unpaired) electrons. The van der Waals surface area contributed by atoms with Gasteiger partial charge in [0.25, 0.3) is 0 Å². The van der Waals surface area contributed by atoms with Crippen molar-refractivity contribution in [3.63, 3.8) is 0 Å². The third kappa shape index (κ3) is 3.60. The molecule has 2 atom stereocenters. The molecule has 0 aromatic heterocycles. The third-order valence-electron chi connectivity index (χ3n) is 3.08. The maximum Gasteiger partial charge on any atom is 0.0795 e. The van der Waals surface area contributed by atoms with Crippen LogP contribution >= 0.6 is 15.9 Å². The Kier molecular flexibility index (Phi) is 5.50. The number of aliphatic hydroxyl groups excluding tert-OH is 1.